The van der Waals surface area contributed by atoms with Crippen LogP contribution in [-0.4, -0.2) is 79.4 Å². The molecule has 25 heavy (non-hydrogen) atoms. The number of likely N-dealkylation sites (tertiary alicyclic amines) is 1. The molecule has 0 unspecified atom stereocenters. The summed E-state index contributed by atoms with van der Waals surface area (Å²) < 4.78 is 26.1. The van der Waals surface area contributed by atoms with Gasteiger partial charge in [-0.25, -0.2) is 12.7 Å². The van der Waals surface area contributed by atoms with E-state index in [9.17, 15) is 13.2 Å². The second-order valence-electron chi connectivity index (χ2n) is 7.31. The lowest BCUT2D eigenvalue weighted by Gasteiger charge is -2.53. The molecule has 1 aromatic rings. The van der Waals surface area contributed by atoms with Gasteiger partial charge >= 0.3 is 0 Å². The van der Waals surface area contributed by atoms with E-state index in [1.807, 2.05) is 12.1 Å². The first-order valence-electron chi connectivity index (χ1n) is 8.55. The Bertz CT molecular complexity index is 738. The first kappa shape index (κ1) is 18.3. The highest BCUT2D eigenvalue weighted by Crippen LogP contribution is 2.43. The fraction of sp³-hybridized carbons (Fsp3) is 0.647. The molecule has 3 heterocycles. The number of piperidine rings is 1. The van der Waals surface area contributed by atoms with Gasteiger partial charge in [0.25, 0.3) is 0 Å². The molecule has 2 aliphatic heterocycles. The average molecular weight is 366 g/mol. The maximum Gasteiger partial charge on any atom is 0.231 e. The summed E-state index contributed by atoms with van der Waals surface area (Å²) in [5.41, 5.74) is 0.479. The summed E-state index contributed by atoms with van der Waals surface area (Å²) in [5.74, 6) is 0.0570. The Kier molecular flexibility index (Phi) is 4.87. The highest BCUT2D eigenvalue weighted by Gasteiger charge is 2.56. The lowest BCUT2D eigenvalue weighted by Crippen LogP contribution is -2.66. The van der Waals surface area contributed by atoms with Crippen LogP contribution >= 0.6 is 0 Å². The highest BCUT2D eigenvalue weighted by molar-refractivity contribution is 7.89. The Morgan fingerprint density at radius 3 is 2.68 bits per heavy atom. The van der Waals surface area contributed by atoms with E-state index < -0.39 is 15.4 Å². The van der Waals surface area contributed by atoms with Gasteiger partial charge in [-0.2, -0.15) is 0 Å². The van der Waals surface area contributed by atoms with E-state index in [0.29, 0.717) is 19.4 Å². The quantitative estimate of drug-likeness (QED) is 0.774. The molecule has 0 bridgehead atoms. The molecular weight excluding hydrogens is 340 g/mol. The highest BCUT2D eigenvalue weighted by atomic mass is 32.2. The van der Waals surface area contributed by atoms with E-state index >= 15 is 0 Å². The van der Waals surface area contributed by atoms with Crippen LogP contribution in [0.3, 0.4) is 0 Å². The van der Waals surface area contributed by atoms with Crippen LogP contribution in [0.5, 0.6) is 0 Å². The number of fused-ring (bicyclic) bond motifs is 1. The number of sulfonamides is 1. The van der Waals surface area contributed by atoms with E-state index in [2.05, 4.69) is 9.88 Å². The third-order valence-electron chi connectivity index (χ3n) is 5.53. The summed E-state index contributed by atoms with van der Waals surface area (Å²) in [5, 5.41) is 0. The molecule has 7 nitrogen and oxygen atoms in total. The molecule has 1 amide bonds. The van der Waals surface area contributed by atoms with Gasteiger partial charge < -0.3 is 4.90 Å². The molecule has 3 rings (SSSR count). The van der Waals surface area contributed by atoms with Crippen molar-refractivity contribution < 1.29 is 13.2 Å². The van der Waals surface area contributed by atoms with E-state index in [-0.39, 0.29) is 17.7 Å². The lowest BCUT2D eigenvalue weighted by atomic mass is 9.72. The predicted octanol–water partition coefficient (Wildman–Crippen LogP) is 0.396. The van der Waals surface area contributed by atoms with Crippen LogP contribution in [0.2, 0.25) is 0 Å². The van der Waals surface area contributed by atoms with Crippen molar-refractivity contribution in [1.82, 2.24) is 19.1 Å². The molecule has 0 radical (unpaired) electrons. The Morgan fingerprint density at radius 1 is 1.36 bits per heavy atom. The Hall–Kier alpha value is -1.51. The van der Waals surface area contributed by atoms with Gasteiger partial charge in [0.15, 0.2) is 0 Å². The second-order valence-corrected chi connectivity index (χ2v) is 9.46. The largest absolute Gasteiger partial charge is 0.348 e. The number of nitrogens with zero attached hydrogens (tertiary/aromatic N) is 4. The van der Waals surface area contributed by atoms with Crippen LogP contribution in [0.4, 0.5) is 0 Å². The smallest absolute Gasteiger partial charge is 0.231 e. The van der Waals surface area contributed by atoms with Gasteiger partial charge in [0, 0.05) is 59.2 Å². The summed E-state index contributed by atoms with van der Waals surface area (Å²) in [6, 6.07) is 3.68. The minimum absolute atomic E-state index is 0.0266. The summed E-state index contributed by atoms with van der Waals surface area (Å²) in [6.45, 7) is 2.10. The molecule has 2 aliphatic rings. The van der Waals surface area contributed by atoms with Crippen LogP contribution in [-0.2, 0) is 21.4 Å². The fourth-order valence-corrected chi connectivity index (χ4v) is 5.84. The van der Waals surface area contributed by atoms with Crippen molar-refractivity contribution in [2.75, 3.05) is 40.0 Å². The third-order valence-corrected chi connectivity index (χ3v) is 7.39. The molecule has 138 valence electrons. The van der Waals surface area contributed by atoms with Crippen LogP contribution in [0, 0.1) is 5.41 Å². The van der Waals surface area contributed by atoms with Gasteiger partial charge in [0.1, 0.15) is 0 Å². The Morgan fingerprint density at radius 2 is 2.04 bits per heavy atom. The topological polar surface area (TPSA) is 73.8 Å². The Balaban J connectivity index is 1.89. The van der Waals surface area contributed by atoms with Crippen molar-refractivity contribution in [1.29, 1.82) is 0 Å². The first-order chi connectivity index (χ1) is 11.8. The van der Waals surface area contributed by atoms with Crippen LogP contribution in [0.1, 0.15) is 18.4 Å². The van der Waals surface area contributed by atoms with Gasteiger partial charge in [-0.3, -0.25) is 14.7 Å². The number of hydrogen-bond donors (Lipinski definition) is 0. The Labute approximate surface area is 149 Å². The summed E-state index contributed by atoms with van der Waals surface area (Å²) in [6.07, 6.45) is 4.59. The van der Waals surface area contributed by atoms with Crippen molar-refractivity contribution in [3.8, 4) is 0 Å². The molecule has 0 N–H and O–H groups in total. The van der Waals surface area contributed by atoms with Crippen molar-refractivity contribution in [3.63, 3.8) is 0 Å². The molecule has 2 atom stereocenters. The number of carbonyl (C=O) groups is 1. The van der Waals surface area contributed by atoms with Gasteiger partial charge in [0.2, 0.25) is 15.9 Å². The summed E-state index contributed by atoms with van der Waals surface area (Å²) in [4.78, 5) is 21.0. The van der Waals surface area contributed by atoms with Crippen molar-refractivity contribution in [2.45, 2.75) is 25.4 Å². The number of aromatic nitrogens is 1. The number of hydrogen-bond acceptors (Lipinski definition) is 5. The molecule has 0 saturated carbocycles. The molecule has 2 saturated heterocycles. The monoisotopic (exact) mass is 366 g/mol. The minimum Gasteiger partial charge on any atom is -0.348 e. The SMILES string of the molecule is CN(C)C(=O)[C@]12CCS(=O)(=O)N(C)[C@@H]1CCN(Cc1ccncc1)C2. The molecule has 8 heteroatoms. The van der Waals surface area contributed by atoms with Gasteiger partial charge in [-0.05, 0) is 30.5 Å². The molecule has 0 aromatic carbocycles. The van der Waals surface area contributed by atoms with E-state index in [0.717, 1.165) is 18.7 Å². The number of amides is 1. The maximum absolute atomic E-state index is 13.1. The predicted molar refractivity (Wildman–Crippen MR) is 95.2 cm³/mol. The standard InChI is InChI=1S/C17H26N4O3S/c1-19(2)16(22)17-7-11-25(23,24)20(3)15(17)6-10-21(13-17)12-14-4-8-18-9-5-14/h4-5,8-9,15H,6-7,10-13H2,1-3H3/t15-,17+/m1/s1. The minimum atomic E-state index is -3.27. The van der Waals surface area contributed by atoms with Crippen molar-refractivity contribution in [2.24, 2.45) is 5.41 Å². The van der Waals surface area contributed by atoms with Crippen molar-refractivity contribution >= 4 is 15.9 Å². The van der Waals surface area contributed by atoms with Crippen LogP contribution < -0.4 is 0 Å². The zero-order valence-electron chi connectivity index (χ0n) is 15.1. The van der Waals surface area contributed by atoms with Gasteiger partial charge in [-0.1, -0.05) is 0 Å². The zero-order chi connectivity index (χ0) is 18.2. The fourth-order valence-electron chi connectivity index (χ4n) is 4.23. The molecule has 0 aliphatic carbocycles. The number of carbonyl (C=O) groups excluding carboxylic acids is 1. The van der Waals surface area contributed by atoms with Crippen LogP contribution in [0.15, 0.2) is 24.5 Å². The van der Waals surface area contributed by atoms with E-state index in [1.165, 1.54) is 4.31 Å². The molecule has 2 fully saturated rings. The second kappa shape index (κ2) is 6.66. The molecular formula is C17H26N4O3S. The molecule has 0 spiro atoms. The maximum atomic E-state index is 13.1. The molecule has 1 aromatic heterocycles. The van der Waals surface area contributed by atoms with Gasteiger partial charge in [0.05, 0.1) is 11.2 Å². The summed E-state index contributed by atoms with van der Waals surface area (Å²) in [7, 11) is 1.85. The number of rotatable bonds is 3. The summed E-state index contributed by atoms with van der Waals surface area (Å²) >= 11 is 0. The van der Waals surface area contributed by atoms with Crippen LogP contribution in [0.25, 0.3) is 0 Å². The average Bonchev–Trinajstić information content (AvgIpc) is 2.59. The lowest BCUT2D eigenvalue weighted by molar-refractivity contribution is -0.148. The van der Waals surface area contributed by atoms with E-state index in [4.69, 9.17) is 0 Å². The van der Waals surface area contributed by atoms with Crippen molar-refractivity contribution in [3.05, 3.63) is 30.1 Å². The number of pyridine rings is 1. The first-order valence-corrected chi connectivity index (χ1v) is 10.2. The van der Waals surface area contributed by atoms with Gasteiger partial charge in [-0.15, -0.1) is 0 Å². The van der Waals surface area contributed by atoms with E-state index in [1.54, 1.807) is 38.4 Å². The normalized spacial score (nSPS) is 29.8. The third kappa shape index (κ3) is 3.30. The zero-order valence-corrected chi connectivity index (χ0v) is 15.9.